The van der Waals surface area contributed by atoms with E-state index >= 15 is 0 Å². The van der Waals surface area contributed by atoms with Gasteiger partial charge in [-0.25, -0.2) is 0 Å². The molecule has 0 rings (SSSR count). The largest absolute Gasteiger partial charge is 0.481 e. The molecule has 0 bridgehead atoms. The van der Waals surface area contributed by atoms with E-state index in [4.69, 9.17) is 15.3 Å². The molecular formula is C12H20O6S3. The van der Waals surface area contributed by atoms with Crippen molar-refractivity contribution in [3.05, 3.63) is 0 Å². The number of rotatable bonds is 6. The Kier molecular flexibility index (Phi) is 36.0. The quantitative estimate of drug-likeness (QED) is 0.618. The van der Waals surface area contributed by atoms with Gasteiger partial charge in [0.1, 0.15) is 0 Å². The molecule has 0 aromatic heterocycles. The second kappa shape index (κ2) is 27.1. The average molecular weight is 356 g/mol. The van der Waals surface area contributed by atoms with E-state index in [2.05, 4.69) is 50.5 Å². The molecule has 0 fully saturated rings. The Morgan fingerprint density at radius 3 is 0.857 bits per heavy atom. The predicted molar refractivity (Wildman–Crippen MR) is 93.7 cm³/mol. The van der Waals surface area contributed by atoms with Crippen LogP contribution in [0.15, 0.2) is 0 Å². The number of hydrogen-bond acceptors (Lipinski definition) is 6. The van der Waals surface area contributed by atoms with E-state index in [9.17, 15) is 14.4 Å². The first-order valence-electron chi connectivity index (χ1n) is 5.69. The van der Waals surface area contributed by atoms with Gasteiger partial charge in [0, 0.05) is 0 Å². The van der Waals surface area contributed by atoms with Gasteiger partial charge in [-0.05, 0) is 16.1 Å². The van der Waals surface area contributed by atoms with E-state index in [1.54, 1.807) is 0 Å². The van der Waals surface area contributed by atoms with Crippen LogP contribution in [0.2, 0.25) is 0 Å². The minimum atomic E-state index is -0.870. The minimum absolute atomic E-state index is 0.0185. The lowest BCUT2D eigenvalue weighted by atomic mass is 10.5. The average Bonchev–Trinajstić information content (AvgIpc) is 2.30. The number of carboxylic acids is 3. The Balaban J connectivity index is -0.0000000944. The summed E-state index contributed by atoms with van der Waals surface area (Å²) in [5.41, 5.74) is 0. The SMILES string of the molecule is CCC.O=C(O)CC=S.O=C(O)CC=S.O=C(O)CC=S. The van der Waals surface area contributed by atoms with Crippen molar-refractivity contribution >= 4 is 70.7 Å². The summed E-state index contributed by atoms with van der Waals surface area (Å²) in [6, 6.07) is 0. The van der Waals surface area contributed by atoms with Crippen LogP contribution in [-0.4, -0.2) is 49.3 Å². The van der Waals surface area contributed by atoms with E-state index in [-0.39, 0.29) is 19.3 Å². The van der Waals surface area contributed by atoms with Gasteiger partial charge >= 0.3 is 17.9 Å². The standard InChI is InChI=1S/3C3H4O2S.C3H8/c3*4-3(5)1-2-6;1-3-2/h3*2H,1H2,(H,4,5);3H2,1-2H3. The fraction of sp³-hybridized carbons (Fsp3) is 0.500. The molecule has 3 N–H and O–H groups in total. The molecule has 0 unspecified atom stereocenters. The van der Waals surface area contributed by atoms with Crippen LogP contribution in [0.1, 0.15) is 39.5 Å². The molecule has 0 amide bonds. The van der Waals surface area contributed by atoms with Crippen molar-refractivity contribution in [2.24, 2.45) is 0 Å². The molecule has 0 aromatic carbocycles. The Morgan fingerprint density at radius 2 is 0.857 bits per heavy atom. The van der Waals surface area contributed by atoms with Crippen molar-refractivity contribution in [2.45, 2.75) is 39.5 Å². The van der Waals surface area contributed by atoms with Gasteiger partial charge in [0.15, 0.2) is 0 Å². The molecule has 21 heavy (non-hydrogen) atoms. The minimum Gasteiger partial charge on any atom is -0.481 e. The van der Waals surface area contributed by atoms with Crippen molar-refractivity contribution in [3.63, 3.8) is 0 Å². The molecule has 0 heterocycles. The molecule has 9 heteroatoms. The van der Waals surface area contributed by atoms with Crippen molar-refractivity contribution in [1.29, 1.82) is 0 Å². The Bertz CT molecular complexity index is 271. The molecule has 0 aliphatic heterocycles. The zero-order valence-electron chi connectivity index (χ0n) is 11.9. The van der Waals surface area contributed by atoms with Crippen LogP contribution in [0.4, 0.5) is 0 Å². The van der Waals surface area contributed by atoms with Gasteiger partial charge in [-0.15, -0.1) is 0 Å². The molecule has 0 radical (unpaired) electrons. The normalized spacial score (nSPS) is 7.14. The lowest BCUT2D eigenvalue weighted by molar-refractivity contribution is -0.136. The first-order chi connectivity index (χ1) is 9.72. The van der Waals surface area contributed by atoms with E-state index in [0.717, 1.165) is 0 Å². The van der Waals surface area contributed by atoms with Gasteiger partial charge in [0.05, 0.1) is 19.3 Å². The number of thiocarbonyl (C=S) groups is 3. The first kappa shape index (κ1) is 27.9. The Labute approximate surface area is 140 Å². The fourth-order valence-corrected chi connectivity index (χ4v) is 0.642. The van der Waals surface area contributed by atoms with E-state index < -0.39 is 17.9 Å². The topological polar surface area (TPSA) is 112 Å². The number of carbonyl (C=O) groups is 3. The van der Waals surface area contributed by atoms with Gasteiger partial charge in [-0.3, -0.25) is 14.4 Å². The van der Waals surface area contributed by atoms with Crippen LogP contribution >= 0.6 is 36.7 Å². The molecule has 0 aliphatic carbocycles. The summed E-state index contributed by atoms with van der Waals surface area (Å²) in [7, 11) is 0. The summed E-state index contributed by atoms with van der Waals surface area (Å²) in [5, 5.41) is 27.0. The second-order valence-corrected chi connectivity index (χ2v) is 4.00. The van der Waals surface area contributed by atoms with Crippen molar-refractivity contribution in [2.75, 3.05) is 0 Å². The zero-order valence-corrected chi connectivity index (χ0v) is 14.3. The summed E-state index contributed by atoms with van der Waals surface area (Å²) in [5.74, 6) is -2.61. The molecule has 0 saturated carbocycles. The van der Waals surface area contributed by atoms with Crippen LogP contribution < -0.4 is 0 Å². The van der Waals surface area contributed by atoms with Crippen LogP contribution in [0.25, 0.3) is 0 Å². The number of carboxylic acid groups (broad SMARTS) is 3. The first-order valence-corrected chi connectivity index (χ1v) is 7.10. The molecule has 0 atom stereocenters. The summed E-state index contributed by atoms with van der Waals surface area (Å²) in [4.78, 5) is 28.5. The van der Waals surface area contributed by atoms with E-state index in [1.165, 1.54) is 22.5 Å². The Morgan fingerprint density at radius 1 is 0.714 bits per heavy atom. The third-order valence-electron chi connectivity index (χ3n) is 0.774. The smallest absolute Gasteiger partial charge is 0.308 e. The van der Waals surface area contributed by atoms with Gasteiger partial charge in [0.25, 0.3) is 0 Å². The van der Waals surface area contributed by atoms with Gasteiger partial charge in [-0.1, -0.05) is 56.9 Å². The van der Waals surface area contributed by atoms with Crippen molar-refractivity contribution < 1.29 is 29.7 Å². The maximum atomic E-state index is 9.50. The molecule has 0 saturated heterocycles. The van der Waals surface area contributed by atoms with Crippen molar-refractivity contribution in [1.82, 2.24) is 0 Å². The highest BCUT2D eigenvalue weighted by atomic mass is 32.1. The summed E-state index contributed by atoms with van der Waals surface area (Å²) < 4.78 is 0. The predicted octanol–water partition coefficient (Wildman–Crippen LogP) is 2.80. The fourth-order valence-electron chi connectivity index (χ4n) is 0.214. The number of hydrogen-bond donors (Lipinski definition) is 3. The maximum Gasteiger partial charge on any atom is 0.308 e. The van der Waals surface area contributed by atoms with Gasteiger partial charge in [-0.2, -0.15) is 0 Å². The second-order valence-electron chi connectivity index (χ2n) is 3.00. The molecule has 6 nitrogen and oxygen atoms in total. The molecule has 0 aromatic rings. The third-order valence-corrected chi connectivity index (χ3v) is 1.27. The summed E-state index contributed by atoms with van der Waals surface area (Å²) in [6.07, 6.45) is 1.19. The van der Waals surface area contributed by atoms with Crippen LogP contribution in [0, 0.1) is 0 Å². The zero-order chi connectivity index (χ0) is 17.7. The molecular weight excluding hydrogens is 336 g/mol. The highest BCUT2D eigenvalue weighted by Crippen LogP contribution is 1.69. The van der Waals surface area contributed by atoms with Crippen LogP contribution in [-0.2, 0) is 14.4 Å². The van der Waals surface area contributed by atoms with E-state index in [1.807, 2.05) is 0 Å². The number of aliphatic carboxylic acids is 3. The maximum absolute atomic E-state index is 9.50. The highest BCUT2D eigenvalue weighted by Gasteiger charge is 1.86. The van der Waals surface area contributed by atoms with Gasteiger partial charge < -0.3 is 15.3 Å². The van der Waals surface area contributed by atoms with Crippen LogP contribution in [0.3, 0.4) is 0 Å². The summed E-state index contributed by atoms with van der Waals surface area (Å²) >= 11 is 12.7. The lowest BCUT2D eigenvalue weighted by Gasteiger charge is -1.73. The monoisotopic (exact) mass is 356 g/mol. The molecule has 0 spiro atoms. The third kappa shape index (κ3) is 88.1. The Hall–Kier alpha value is -1.32. The van der Waals surface area contributed by atoms with Crippen molar-refractivity contribution in [3.8, 4) is 0 Å². The van der Waals surface area contributed by atoms with Gasteiger partial charge in [0.2, 0.25) is 0 Å². The molecule has 0 aliphatic rings. The molecule has 122 valence electrons. The lowest BCUT2D eigenvalue weighted by Crippen LogP contribution is -1.91. The summed E-state index contributed by atoms with van der Waals surface area (Å²) in [6.45, 7) is 4.25. The van der Waals surface area contributed by atoms with E-state index in [0.29, 0.717) is 0 Å². The highest BCUT2D eigenvalue weighted by molar-refractivity contribution is 7.79. The van der Waals surface area contributed by atoms with Crippen LogP contribution in [0.5, 0.6) is 0 Å².